The van der Waals surface area contributed by atoms with E-state index in [9.17, 15) is 14.4 Å². The topological polar surface area (TPSA) is 82.1 Å². The fraction of sp³-hybridized carbons (Fsp3) is 0.417. The molecule has 0 radical (unpaired) electrons. The Bertz CT molecular complexity index is 414. The fourth-order valence-corrected chi connectivity index (χ4v) is 1.41. The maximum Gasteiger partial charge on any atom is 0.628 e. The van der Waals surface area contributed by atoms with Crippen molar-refractivity contribution in [3.8, 4) is 0 Å². The average molecular weight is 281 g/mol. The average Bonchev–Trinajstić information content (AvgIpc) is 2.32. The van der Waals surface area contributed by atoms with Crippen LogP contribution in [0.3, 0.4) is 0 Å². The van der Waals surface area contributed by atoms with Gasteiger partial charge in [0.05, 0.1) is 19.7 Å². The van der Waals surface area contributed by atoms with Crippen LogP contribution >= 0.6 is 0 Å². The summed E-state index contributed by atoms with van der Waals surface area (Å²) >= 11 is 0. The summed E-state index contributed by atoms with van der Waals surface area (Å²) in [7, 11) is 0.524. The zero-order valence-corrected chi connectivity index (χ0v) is 11.4. The van der Waals surface area contributed by atoms with Crippen LogP contribution in [0.5, 0.6) is 0 Å². The maximum absolute atomic E-state index is 11.4. The van der Waals surface area contributed by atoms with Gasteiger partial charge in [-0.25, -0.2) is 4.79 Å². The van der Waals surface area contributed by atoms with Gasteiger partial charge in [-0.2, -0.15) is 0 Å². The molecule has 1 rings (SSSR count). The standard InChI is InChI=1S/C12H16BNO6/c1-3-18-10(15)6-4-5-7-13-19-11(16)8-14(2)9-12(17)20-13/h4-7H,3,8-9H2,1-2H3/b6-4+,7-5+. The van der Waals surface area contributed by atoms with Crippen molar-refractivity contribution in [2.75, 3.05) is 26.7 Å². The highest BCUT2D eigenvalue weighted by Crippen LogP contribution is 2.01. The number of hydrogen-bond donors (Lipinski definition) is 0. The number of rotatable bonds is 4. The summed E-state index contributed by atoms with van der Waals surface area (Å²) in [6.45, 7) is 2.01. The highest BCUT2D eigenvalue weighted by molar-refractivity contribution is 6.54. The van der Waals surface area contributed by atoms with Crippen molar-refractivity contribution in [3.05, 3.63) is 24.2 Å². The molecular formula is C12H16BNO6. The highest BCUT2D eigenvalue weighted by atomic mass is 16.6. The van der Waals surface area contributed by atoms with Crippen LogP contribution in [0.25, 0.3) is 0 Å². The minimum atomic E-state index is -1.09. The van der Waals surface area contributed by atoms with E-state index in [1.165, 1.54) is 29.1 Å². The Kier molecular flexibility index (Phi) is 6.52. The fourth-order valence-electron chi connectivity index (χ4n) is 1.41. The van der Waals surface area contributed by atoms with Crippen LogP contribution in [-0.4, -0.2) is 56.7 Å². The second-order valence-corrected chi connectivity index (χ2v) is 4.02. The SMILES string of the molecule is CCOC(=O)/C=C/C=C/B1OC(=O)CN(C)CC(=O)O1. The summed E-state index contributed by atoms with van der Waals surface area (Å²) in [4.78, 5) is 35.3. The summed E-state index contributed by atoms with van der Waals surface area (Å²) in [6, 6.07) is 0. The molecular weight excluding hydrogens is 265 g/mol. The van der Waals surface area contributed by atoms with Gasteiger partial charge in [0.1, 0.15) is 0 Å². The summed E-state index contributed by atoms with van der Waals surface area (Å²) in [5.74, 6) is -0.116. The molecule has 1 aliphatic heterocycles. The van der Waals surface area contributed by atoms with E-state index in [2.05, 4.69) is 4.74 Å². The van der Waals surface area contributed by atoms with Gasteiger partial charge in [-0.1, -0.05) is 12.2 Å². The molecule has 20 heavy (non-hydrogen) atoms. The van der Waals surface area contributed by atoms with Crippen molar-refractivity contribution < 1.29 is 28.4 Å². The third-order valence-corrected chi connectivity index (χ3v) is 2.19. The molecule has 0 N–H and O–H groups in total. The Morgan fingerprint density at radius 3 is 2.45 bits per heavy atom. The van der Waals surface area contributed by atoms with E-state index in [1.54, 1.807) is 14.0 Å². The van der Waals surface area contributed by atoms with E-state index in [4.69, 9.17) is 9.31 Å². The monoisotopic (exact) mass is 281 g/mol. The van der Waals surface area contributed by atoms with Crippen molar-refractivity contribution >= 4 is 25.0 Å². The Balaban J connectivity index is 2.54. The van der Waals surface area contributed by atoms with Crippen molar-refractivity contribution in [2.45, 2.75) is 6.92 Å². The van der Waals surface area contributed by atoms with Gasteiger partial charge in [-0.05, 0) is 19.9 Å². The van der Waals surface area contributed by atoms with Gasteiger partial charge >= 0.3 is 25.0 Å². The molecule has 1 aliphatic rings. The number of carbonyl (C=O) groups excluding carboxylic acids is 3. The lowest BCUT2D eigenvalue weighted by molar-refractivity contribution is -0.145. The number of likely N-dealkylation sites (N-methyl/N-ethyl adjacent to an activating group) is 1. The minimum Gasteiger partial charge on any atom is -0.495 e. The van der Waals surface area contributed by atoms with Crippen LogP contribution in [0.2, 0.25) is 0 Å². The molecule has 1 fully saturated rings. The quantitative estimate of drug-likeness (QED) is 0.303. The lowest BCUT2D eigenvalue weighted by Crippen LogP contribution is -2.41. The molecule has 0 aromatic heterocycles. The van der Waals surface area contributed by atoms with Gasteiger partial charge in [0.2, 0.25) is 0 Å². The number of hydrogen-bond acceptors (Lipinski definition) is 7. The predicted molar refractivity (Wildman–Crippen MR) is 70.3 cm³/mol. The highest BCUT2D eigenvalue weighted by Gasteiger charge is 2.28. The number of nitrogens with zero attached hydrogens (tertiary/aromatic N) is 1. The van der Waals surface area contributed by atoms with Gasteiger partial charge in [0, 0.05) is 6.08 Å². The third-order valence-electron chi connectivity index (χ3n) is 2.19. The van der Waals surface area contributed by atoms with Crippen molar-refractivity contribution in [1.82, 2.24) is 4.90 Å². The first-order chi connectivity index (χ1) is 9.51. The molecule has 8 heteroatoms. The van der Waals surface area contributed by atoms with Gasteiger partial charge < -0.3 is 14.0 Å². The molecule has 1 heterocycles. The first kappa shape index (κ1) is 16.0. The predicted octanol–water partition coefficient (Wildman–Crippen LogP) is -0.279. The smallest absolute Gasteiger partial charge is 0.495 e. The largest absolute Gasteiger partial charge is 0.628 e. The first-order valence-corrected chi connectivity index (χ1v) is 6.10. The maximum atomic E-state index is 11.4. The molecule has 0 bridgehead atoms. The molecule has 0 aromatic rings. The number of ether oxygens (including phenoxy) is 1. The molecule has 0 amide bonds. The number of esters is 1. The van der Waals surface area contributed by atoms with Crippen molar-refractivity contribution in [2.24, 2.45) is 0 Å². The van der Waals surface area contributed by atoms with E-state index in [-0.39, 0.29) is 19.7 Å². The molecule has 0 atom stereocenters. The molecule has 0 aliphatic carbocycles. The molecule has 0 spiro atoms. The number of carbonyl (C=O) groups is 3. The molecule has 1 saturated heterocycles. The van der Waals surface area contributed by atoms with Crippen molar-refractivity contribution in [1.29, 1.82) is 0 Å². The van der Waals surface area contributed by atoms with E-state index in [0.717, 1.165) is 0 Å². The van der Waals surface area contributed by atoms with E-state index < -0.39 is 25.0 Å². The molecule has 7 nitrogen and oxygen atoms in total. The molecule has 0 unspecified atom stereocenters. The van der Waals surface area contributed by atoms with Gasteiger partial charge in [0.15, 0.2) is 0 Å². The van der Waals surface area contributed by atoms with Crippen LogP contribution in [-0.2, 0) is 28.4 Å². The van der Waals surface area contributed by atoms with Crippen LogP contribution in [0.15, 0.2) is 24.2 Å². The first-order valence-electron chi connectivity index (χ1n) is 6.10. The summed E-state index contributed by atoms with van der Waals surface area (Å²) < 4.78 is 14.5. The Labute approximate surface area is 117 Å². The van der Waals surface area contributed by atoms with E-state index >= 15 is 0 Å². The normalized spacial score (nSPS) is 17.8. The zero-order valence-electron chi connectivity index (χ0n) is 11.4. The Hall–Kier alpha value is -2.09. The van der Waals surface area contributed by atoms with Crippen LogP contribution in [0, 0.1) is 0 Å². The lowest BCUT2D eigenvalue weighted by atomic mass is 9.89. The van der Waals surface area contributed by atoms with Gasteiger partial charge in [-0.3, -0.25) is 14.5 Å². The lowest BCUT2D eigenvalue weighted by Gasteiger charge is -2.20. The number of allylic oxidation sites excluding steroid dienone is 2. The molecule has 0 saturated carbocycles. The summed E-state index contributed by atoms with van der Waals surface area (Å²) in [6.07, 6.45) is 4.05. The zero-order chi connectivity index (χ0) is 15.0. The van der Waals surface area contributed by atoms with Crippen LogP contribution in [0.1, 0.15) is 6.92 Å². The molecule has 0 aromatic carbocycles. The Morgan fingerprint density at radius 1 is 1.30 bits per heavy atom. The third kappa shape index (κ3) is 6.19. The van der Waals surface area contributed by atoms with Gasteiger partial charge in [-0.15, -0.1) is 0 Å². The van der Waals surface area contributed by atoms with Gasteiger partial charge in [0.25, 0.3) is 0 Å². The molecule has 108 valence electrons. The Morgan fingerprint density at radius 2 is 1.90 bits per heavy atom. The van der Waals surface area contributed by atoms with E-state index in [1.807, 2.05) is 0 Å². The van der Waals surface area contributed by atoms with E-state index in [0.29, 0.717) is 0 Å². The van der Waals surface area contributed by atoms with Crippen molar-refractivity contribution in [3.63, 3.8) is 0 Å². The van der Waals surface area contributed by atoms with Crippen LogP contribution < -0.4 is 0 Å². The van der Waals surface area contributed by atoms with Crippen LogP contribution in [0.4, 0.5) is 0 Å². The minimum absolute atomic E-state index is 0.0120. The summed E-state index contributed by atoms with van der Waals surface area (Å²) in [5.41, 5.74) is 0. The summed E-state index contributed by atoms with van der Waals surface area (Å²) in [5, 5.41) is 0. The second kappa shape index (κ2) is 8.16. The second-order valence-electron chi connectivity index (χ2n) is 4.02.